The molecule has 1 aliphatic heterocycles. The normalized spacial score (nSPS) is 20.4. The number of hydrogen-bond donors (Lipinski definition) is 1. The third-order valence-electron chi connectivity index (χ3n) is 4.48. The third kappa shape index (κ3) is 3.63. The highest BCUT2D eigenvalue weighted by Crippen LogP contribution is 2.34. The minimum Gasteiger partial charge on any atom is -0.495 e. The van der Waals surface area contributed by atoms with Gasteiger partial charge in [-0.2, -0.15) is 5.26 Å². The van der Waals surface area contributed by atoms with Gasteiger partial charge in [0.25, 0.3) is 0 Å². The van der Waals surface area contributed by atoms with Crippen molar-refractivity contribution < 1.29 is 18.6 Å². The molecule has 2 aromatic rings. The summed E-state index contributed by atoms with van der Waals surface area (Å²) in [5, 5.41) is 19.2. The Morgan fingerprint density at radius 1 is 1.24 bits per heavy atom. The molecule has 25 heavy (non-hydrogen) atoms. The Morgan fingerprint density at radius 2 is 2.04 bits per heavy atom. The number of aliphatic hydroxyl groups is 1. The standard InChI is InChI=1S/C19H18F2N2O2/c1-25-19-5-2-12(6-14(19)9-22)10-23-11-15(24)8-18(23)13-3-4-16(20)17(21)7-13/h2-7,15,18,24H,8,10-11H2,1H3/t15-,18-/m0/s1. The smallest absolute Gasteiger partial charge is 0.159 e. The minimum atomic E-state index is -0.893. The highest BCUT2D eigenvalue weighted by Gasteiger charge is 2.32. The second-order valence-corrected chi connectivity index (χ2v) is 6.15. The molecule has 1 saturated heterocycles. The summed E-state index contributed by atoms with van der Waals surface area (Å²) in [5.41, 5.74) is 1.95. The summed E-state index contributed by atoms with van der Waals surface area (Å²) < 4.78 is 31.9. The molecule has 130 valence electrons. The van der Waals surface area contributed by atoms with Crippen LogP contribution in [-0.2, 0) is 6.54 Å². The van der Waals surface area contributed by atoms with Crippen LogP contribution >= 0.6 is 0 Å². The monoisotopic (exact) mass is 344 g/mol. The number of ether oxygens (including phenoxy) is 1. The lowest BCUT2D eigenvalue weighted by atomic mass is 10.0. The molecule has 1 aliphatic rings. The van der Waals surface area contributed by atoms with Crippen molar-refractivity contribution in [3.63, 3.8) is 0 Å². The summed E-state index contributed by atoms with van der Waals surface area (Å²) in [6, 6.07) is 11.0. The van der Waals surface area contributed by atoms with Crippen molar-refractivity contribution in [2.45, 2.75) is 25.1 Å². The molecule has 0 spiro atoms. The number of benzene rings is 2. The zero-order chi connectivity index (χ0) is 18.0. The van der Waals surface area contributed by atoms with Crippen LogP contribution in [0.1, 0.15) is 29.2 Å². The lowest BCUT2D eigenvalue weighted by Gasteiger charge is -2.25. The number of nitrogens with zero attached hydrogens (tertiary/aromatic N) is 2. The van der Waals surface area contributed by atoms with Gasteiger partial charge < -0.3 is 9.84 Å². The molecule has 2 aromatic carbocycles. The Kier molecular flexibility index (Phi) is 4.98. The van der Waals surface area contributed by atoms with Crippen molar-refractivity contribution in [3.05, 3.63) is 64.7 Å². The Hall–Kier alpha value is -2.49. The van der Waals surface area contributed by atoms with E-state index in [1.807, 2.05) is 11.0 Å². The fraction of sp³-hybridized carbons (Fsp3) is 0.316. The molecular formula is C19H18F2N2O2. The number of β-amino-alcohol motifs (C(OH)–C–C–N with tert-alkyl or cyclic N) is 1. The highest BCUT2D eigenvalue weighted by molar-refractivity contribution is 5.45. The number of methoxy groups -OCH3 is 1. The van der Waals surface area contributed by atoms with E-state index in [0.29, 0.717) is 36.4 Å². The number of halogens is 2. The fourth-order valence-electron chi connectivity index (χ4n) is 3.30. The van der Waals surface area contributed by atoms with Crippen LogP contribution in [0.4, 0.5) is 8.78 Å². The van der Waals surface area contributed by atoms with Crippen molar-refractivity contribution in [1.29, 1.82) is 5.26 Å². The lowest BCUT2D eigenvalue weighted by molar-refractivity contribution is 0.172. The first-order chi connectivity index (χ1) is 12.0. The van der Waals surface area contributed by atoms with E-state index >= 15 is 0 Å². The van der Waals surface area contributed by atoms with E-state index in [9.17, 15) is 19.1 Å². The maximum atomic E-state index is 13.6. The van der Waals surface area contributed by atoms with Gasteiger partial charge in [0.15, 0.2) is 11.6 Å². The Labute approximate surface area is 144 Å². The molecule has 2 atom stereocenters. The molecule has 0 unspecified atom stereocenters. The molecule has 1 N–H and O–H groups in total. The van der Waals surface area contributed by atoms with Crippen molar-refractivity contribution in [3.8, 4) is 11.8 Å². The lowest BCUT2D eigenvalue weighted by Crippen LogP contribution is -2.24. The Bertz CT molecular complexity index is 820. The van der Waals surface area contributed by atoms with Crippen molar-refractivity contribution in [1.82, 2.24) is 4.90 Å². The highest BCUT2D eigenvalue weighted by atomic mass is 19.2. The van der Waals surface area contributed by atoms with Crippen LogP contribution in [0, 0.1) is 23.0 Å². The first-order valence-electron chi connectivity index (χ1n) is 7.96. The predicted octanol–water partition coefficient (Wildman–Crippen LogP) is 3.15. The zero-order valence-corrected chi connectivity index (χ0v) is 13.7. The van der Waals surface area contributed by atoms with E-state index in [-0.39, 0.29) is 6.04 Å². The van der Waals surface area contributed by atoms with Crippen LogP contribution in [0.25, 0.3) is 0 Å². The molecule has 3 rings (SSSR count). The summed E-state index contributed by atoms with van der Waals surface area (Å²) in [5.74, 6) is -1.28. The minimum absolute atomic E-state index is 0.210. The van der Waals surface area contributed by atoms with Gasteiger partial charge >= 0.3 is 0 Å². The van der Waals surface area contributed by atoms with Gasteiger partial charge in [-0.25, -0.2) is 8.78 Å². The molecule has 0 bridgehead atoms. The maximum absolute atomic E-state index is 13.6. The molecule has 0 saturated carbocycles. The van der Waals surface area contributed by atoms with E-state index in [1.165, 1.54) is 13.2 Å². The van der Waals surface area contributed by atoms with Crippen LogP contribution in [0.2, 0.25) is 0 Å². The molecule has 0 amide bonds. The van der Waals surface area contributed by atoms with Crippen LogP contribution in [0.5, 0.6) is 5.75 Å². The van der Waals surface area contributed by atoms with Crippen molar-refractivity contribution in [2.24, 2.45) is 0 Å². The summed E-state index contributed by atoms with van der Waals surface area (Å²) >= 11 is 0. The zero-order valence-electron chi connectivity index (χ0n) is 13.7. The number of likely N-dealkylation sites (tertiary alicyclic amines) is 1. The number of nitriles is 1. The molecule has 1 heterocycles. The number of aliphatic hydroxyl groups excluding tert-OH is 1. The first kappa shape index (κ1) is 17.3. The van der Waals surface area contributed by atoms with Gasteiger partial charge in [0.1, 0.15) is 11.8 Å². The van der Waals surface area contributed by atoms with Crippen molar-refractivity contribution in [2.75, 3.05) is 13.7 Å². The topological polar surface area (TPSA) is 56.5 Å². The maximum Gasteiger partial charge on any atom is 0.159 e. The molecule has 0 aliphatic carbocycles. The average Bonchev–Trinajstić information content (AvgIpc) is 2.97. The van der Waals surface area contributed by atoms with Gasteiger partial charge in [-0.1, -0.05) is 12.1 Å². The number of hydrogen-bond acceptors (Lipinski definition) is 4. The van der Waals surface area contributed by atoms with Gasteiger partial charge in [0.05, 0.1) is 18.8 Å². The van der Waals surface area contributed by atoms with Gasteiger partial charge in [0, 0.05) is 19.1 Å². The van der Waals surface area contributed by atoms with E-state index < -0.39 is 17.7 Å². The van der Waals surface area contributed by atoms with Crippen LogP contribution in [-0.4, -0.2) is 29.8 Å². The summed E-state index contributed by atoms with van der Waals surface area (Å²) in [6.45, 7) is 0.914. The Morgan fingerprint density at radius 3 is 2.72 bits per heavy atom. The second-order valence-electron chi connectivity index (χ2n) is 6.15. The summed E-state index contributed by atoms with van der Waals surface area (Å²) in [7, 11) is 1.51. The van der Waals surface area contributed by atoms with E-state index in [0.717, 1.165) is 11.6 Å². The van der Waals surface area contributed by atoms with Gasteiger partial charge in [0.2, 0.25) is 0 Å². The van der Waals surface area contributed by atoms with E-state index in [4.69, 9.17) is 4.74 Å². The molecule has 0 aromatic heterocycles. The number of rotatable bonds is 4. The SMILES string of the molecule is COc1ccc(CN2C[C@@H](O)C[C@H]2c2ccc(F)c(F)c2)cc1C#N. The van der Waals surface area contributed by atoms with E-state index in [2.05, 4.69) is 6.07 Å². The quantitative estimate of drug-likeness (QED) is 0.926. The molecular weight excluding hydrogens is 326 g/mol. The van der Waals surface area contributed by atoms with Gasteiger partial charge in [-0.15, -0.1) is 0 Å². The molecule has 4 nitrogen and oxygen atoms in total. The van der Waals surface area contributed by atoms with Crippen LogP contribution in [0.3, 0.4) is 0 Å². The first-order valence-corrected chi connectivity index (χ1v) is 7.96. The molecule has 0 radical (unpaired) electrons. The third-order valence-corrected chi connectivity index (χ3v) is 4.48. The Balaban J connectivity index is 1.85. The predicted molar refractivity (Wildman–Crippen MR) is 87.8 cm³/mol. The second kappa shape index (κ2) is 7.18. The molecule has 1 fully saturated rings. The van der Waals surface area contributed by atoms with Crippen LogP contribution < -0.4 is 4.74 Å². The van der Waals surface area contributed by atoms with Crippen molar-refractivity contribution >= 4 is 0 Å². The van der Waals surface area contributed by atoms with Crippen LogP contribution in [0.15, 0.2) is 36.4 Å². The molecule has 6 heteroatoms. The van der Waals surface area contributed by atoms with Gasteiger partial charge in [-0.3, -0.25) is 4.90 Å². The van der Waals surface area contributed by atoms with Gasteiger partial charge in [-0.05, 0) is 41.8 Å². The largest absolute Gasteiger partial charge is 0.495 e. The average molecular weight is 344 g/mol. The van der Waals surface area contributed by atoms with E-state index in [1.54, 1.807) is 18.2 Å². The summed E-state index contributed by atoms with van der Waals surface area (Å²) in [4.78, 5) is 2.00. The summed E-state index contributed by atoms with van der Waals surface area (Å²) in [6.07, 6.45) is -0.0846. The fourth-order valence-corrected chi connectivity index (χ4v) is 3.30.